The van der Waals surface area contributed by atoms with Gasteiger partial charge >= 0.3 is 0 Å². The van der Waals surface area contributed by atoms with Crippen LogP contribution >= 0.6 is 11.6 Å². The lowest BCUT2D eigenvalue weighted by Gasteiger charge is -2.03. The third kappa shape index (κ3) is 4.74. The fourth-order valence-corrected chi connectivity index (χ4v) is 2.55. The Labute approximate surface area is 162 Å². The molecule has 0 radical (unpaired) electrons. The van der Waals surface area contributed by atoms with Gasteiger partial charge in [0.25, 0.3) is 5.91 Å². The molecule has 2 aromatic carbocycles. The molecular weight excluding hydrogens is 364 g/mol. The molecule has 3 aromatic rings. The normalized spacial score (nSPS) is 11.3. The molecule has 0 saturated heterocycles. The Bertz CT molecular complexity index is 947. The molecule has 2 N–H and O–H groups in total. The second-order valence-electron chi connectivity index (χ2n) is 5.77. The van der Waals surface area contributed by atoms with Gasteiger partial charge in [-0.15, -0.1) is 0 Å². The minimum atomic E-state index is -0.368. The summed E-state index contributed by atoms with van der Waals surface area (Å²) in [4.78, 5) is 12.3. The summed E-state index contributed by atoms with van der Waals surface area (Å²) in [6.45, 7) is 4.35. The SMILES string of the molecule is CCOc1ccc(-c2cc(C(=O)N/N=C(/C)c3ccc(Cl)cc3)[nH]n2)cc1. The van der Waals surface area contributed by atoms with Crippen LogP contribution in [0.25, 0.3) is 11.3 Å². The number of halogens is 1. The highest BCUT2D eigenvalue weighted by atomic mass is 35.5. The summed E-state index contributed by atoms with van der Waals surface area (Å²) in [5.41, 5.74) is 5.95. The summed E-state index contributed by atoms with van der Waals surface area (Å²) in [5, 5.41) is 11.7. The molecule has 27 heavy (non-hydrogen) atoms. The third-order valence-corrected chi connectivity index (χ3v) is 4.12. The molecule has 0 aliphatic carbocycles. The molecule has 0 aliphatic heterocycles. The van der Waals surface area contributed by atoms with E-state index in [1.54, 1.807) is 18.2 Å². The fraction of sp³-hybridized carbons (Fsp3) is 0.150. The molecule has 0 aliphatic rings. The second kappa shape index (κ2) is 8.51. The van der Waals surface area contributed by atoms with E-state index in [2.05, 4.69) is 20.7 Å². The Morgan fingerprint density at radius 2 is 1.89 bits per heavy atom. The number of H-pyrrole nitrogens is 1. The van der Waals surface area contributed by atoms with Crippen LogP contribution in [-0.2, 0) is 0 Å². The summed E-state index contributed by atoms with van der Waals surface area (Å²) in [6.07, 6.45) is 0. The van der Waals surface area contributed by atoms with Crippen molar-refractivity contribution in [3.8, 4) is 17.0 Å². The highest BCUT2D eigenvalue weighted by Crippen LogP contribution is 2.21. The minimum absolute atomic E-state index is 0.326. The molecule has 0 saturated carbocycles. The Morgan fingerprint density at radius 1 is 1.19 bits per heavy atom. The van der Waals surface area contributed by atoms with E-state index < -0.39 is 0 Å². The number of ether oxygens (including phenoxy) is 1. The van der Waals surface area contributed by atoms with Crippen LogP contribution in [0.1, 0.15) is 29.9 Å². The second-order valence-corrected chi connectivity index (χ2v) is 6.21. The van der Waals surface area contributed by atoms with Crippen LogP contribution in [0.4, 0.5) is 0 Å². The Kier molecular flexibility index (Phi) is 5.88. The number of aromatic amines is 1. The van der Waals surface area contributed by atoms with Gasteiger partial charge < -0.3 is 4.74 Å². The molecule has 0 fully saturated rings. The maximum atomic E-state index is 12.3. The van der Waals surface area contributed by atoms with Crippen LogP contribution < -0.4 is 10.2 Å². The molecule has 3 rings (SSSR count). The van der Waals surface area contributed by atoms with Crippen molar-refractivity contribution in [3.05, 3.63) is 70.9 Å². The van der Waals surface area contributed by atoms with Crippen LogP contribution in [0.2, 0.25) is 5.02 Å². The molecule has 0 spiro atoms. The van der Waals surface area contributed by atoms with Crippen molar-refractivity contribution in [2.24, 2.45) is 5.10 Å². The van der Waals surface area contributed by atoms with E-state index >= 15 is 0 Å². The predicted molar refractivity (Wildman–Crippen MR) is 106 cm³/mol. The minimum Gasteiger partial charge on any atom is -0.494 e. The van der Waals surface area contributed by atoms with Crippen LogP contribution in [-0.4, -0.2) is 28.4 Å². The highest BCUT2D eigenvalue weighted by molar-refractivity contribution is 6.30. The number of benzene rings is 2. The number of carbonyl (C=O) groups excluding carboxylic acids is 1. The lowest BCUT2D eigenvalue weighted by Crippen LogP contribution is -2.19. The smallest absolute Gasteiger partial charge is 0.289 e. The number of hydrazone groups is 1. The first-order chi connectivity index (χ1) is 13.1. The third-order valence-electron chi connectivity index (χ3n) is 3.87. The van der Waals surface area contributed by atoms with E-state index in [1.807, 2.05) is 50.2 Å². The number of carbonyl (C=O) groups is 1. The van der Waals surface area contributed by atoms with Gasteiger partial charge in [0.1, 0.15) is 11.4 Å². The summed E-state index contributed by atoms with van der Waals surface area (Å²) in [6, 6.07) is 16.4. The summed E-state index contributed by atoms with van der Waals surface area (Å²) < 4.78 is 5.42. The van der Waals surface area contributed by atoms with Crippen molar-refractivity contribution in [1.82, 2.24) is 15.6 Å². The molecule has 0 atom stereocenters. The van der Waals surface area contributed by atoms with Crippen molar-refractivity contribution >= 4 is 23.2 Å². The standard InChI is InChI=1S/C20H19ClN4O2/c1-3-27-17-10-6-15(7-11-17)18-12-19(24-23-18)20(26)25-22-13(2)14-4-8-16(21)9-5-14/h4-12H,3H2,1-2H3,(H,23,24)(H,25,26)/b22-13-. The molecule has 0 unspecified atom stereocenters. The number of aromatic nitrogens is 2. The van der Waals surface area contributed by atoms with E-state index in [0.717, 1.165) is 16.9 Å². The van der Waals surface area contributed by atoms with E-state index in [4.69, 9.17) is 16.3 Å². The summed E-state index contributed by atoms with van der Waals surface area (Å²) in [7, 11) is 0. The topological polar surface area (TPSA) is 79.4 Å². The van der Waals surface area contributed by atoms with Gasteiger partial charge in [0.05, 0.1) is 18.0 Å². The van der Waals surface area contributed by atoms with Gasteiger partial charge in [0.2, 0.25) is 0 Å². The summed E-state index contributed by atoms with van der Waals surface area (Å²) >= 11 is 5.87. The van der Waals surface area contributed by atoms with Crippen molar-refractivity contribution in [2.75, 3.05) is 6.61 Å². The monoisotopic (exact) mass is 382 g/mol. The lowest BCUT2D eigenvalue weighted by atomic mass is 10.1. The van der Waals surface area contributed by atoms with Crippen molar-refractivity contribution in [3.63, 3.8) is 0 Å². The Balaban J connectivity index is 1.67. The zero-order chi connectivity index (χ0) is 19.2. The van der Waals surface area contributed by atoms with Crippen molar-refractivity contribution in [2.45, 2.75) is 13.8 Å². The number of nitrogens with zero attached hydrogens (tertiary/aromatic N) is 2. The van der Waals surface area contributed by atoms with Gasteiger partial charge in [0.15, 0.2) is 0 Å². The molecule has 1 heterocycles. The molecule has 1 aromatic heterocycles. The number of hydrogen-bond donors (Lipinski definition) is 2. The molecule has 6 nitrogen and oxygen atoms in total. The van der Waals surface area contributed by atoms with E-state index in [-0.39, 0.29) is 5.91 Å². The zero-order valence-corrected chi connectivity index (χ0v) is 15.7. The number of nitrogens with one attached hydrogen (secondary N) is 2. The van der Waals surface area contributed by atoms with Gasteiger partial charge in [-0.3, -0.25) is 9.89 Å². The van der Waals surface area contributed by atoms with Gasteiger partial charge in [-0.2, -0.15) is 10.2 Å². The van der Waals surface area contributed by atoms with Crippen LogP contribution in [0.15, 0.2) is 59.7 Å². The lowest BCUT2D eigenvalue weighted by molar-refractivity contribution is 0.0950. The van der Waals surface area contributed by atoms with Gasteiger partial charge in [0, 0.05) is 10.6 Å². The molecule has 138 valence electrons. The maximum Gasteiger partial charge on any atom is 0.289 e. The van der Waals surface area contributed by atoms with E-state index in [1.165, 1.54) is 0 Å². The Hall–Kier alpha value is -3.12. The highest BCUT2D eigenvalue weighted by Gasteiger charge is 2.11. The van der Waals surface area contributed by atoms with Gasteiger partial charge in [-0.1, -0.05) is 23.7 Å². The summed E-state index contributed by atoms with van der Waals surface area (Å²) in [5.74, 6) is 0.426. The average molecular weight is 383 g/mol. The number of amides is 1. The van der Waals surface area contributed by atoms with Crippen LogP contribution in [0.5, 0.6) is 5.75 Å². The molecule has 7 heteroatoms. The zero-order valence-electron chi connectivity index (χ0n) is 15.0. The molecule has 1 amide bonds. The van der Waals surface area contributed by atoms with Crippen molar-refractivity contribution < 1.29 is 9.53 Å². The van der Waals surface area contributed by atoms with Crippen molar-refractivity contribution in [1.29, 1.82) is 0 Å². The van der Waals surface area contributed by atoms with E-state index in [0.29, 0.717) is 28.7 Å². The first-order valence-electron chi connectivity index (χ1n) is 8.46. The van der Waals surface area contributed by atoms with E-state index in [9.17, 15) is 4.79 Å². The molecular formula is C20H19ClN4O2. The fourth-order valence-electron chi connectivity index (χ4n) is 2.43. The first kappa shape index (κ1) is 18.7. The first-order valence-corrected chi connectivity index (χ1v) is 8.84. The largest absolute Gasteiger partial charge is 0.494 e. The van der Waals surface area contributed by atoms with Gasteiger partial charge in [-0.25, -0.2) is 5.43 Å². The number of rotatable bonds is 6. The predicted octanol–water partition coefficient (Wildman–Crippen LogP) is 4.28. The maximum absolute atomic E-state index is 12.3. The molecule has 0 bridgehead atoms. The number of hydrogen-bond acceptors (Lipinski definition) is 4. The average Bonchev–Trinajstić information content (AvgIpc) is 3.17. The van der Waals surface area contributed by atoms with Crippen LogP contribution in [0, 0.1) is 0 Å². The van der Waals surface area contributed by atoms with Gasteiger partial charge in [-0.05, 0) is 61.9 Å². The quantitative estimate of drug-likeness (QED) is 0.493. The Morgan fingerprint density at radius 3 is 2.56 bits per heavy atom. The van der Waals surface area contributed by atoms with Crippen LogP contribution in [0.3, 0.4) is 0 Å².